The van der Waals surface area contributed by atoms with Gasteiger partial charge in [0.25, 0.3) is 0 Å². The fourth-order valence-electron chi connectivity index (χ4n) is 3.18. The summed E-state index contributed by atoms with van der Waals surface area (Å²) in [5.41, 5.74) is 1.06. The van der Waals surface area contributed by atoms with Gasteiger partial charge in [-0.15, -0.1) is 0 Å². The highest BCUT2D eigenvalue weighted by atomic mass is 16.2. The third kappa shape index (κ3) is 3.85. The van der Waals surface area contributed by atoms with E-state index in [4.69, 9.17) is 0 Å². The first-order valence-electron chi connectivity index (χ1n) is 8.14. The van der Waals surface area contributed by atoms with E-state index >= 15 is 0 Å². The van der Waals surface area contributed by atoms with Gasteiger partial charge in [0.05, 0.1) is 6.17 Å². The molecule has 3 atom stereocenters. The molecule has 1 aliphatic rings. The maximum atomic E-state index is 12.7. The highest BCUT2D eigenvalue weighted by Crippen LogP contribution is 2.27. The largest absolute Gasteiger partial charge is 0.323 e. The van der Waals surface area contributed by atoms with Crippen LogP contribution in [-0.2, 0) is 4.79 Å². The third-order valence-electron chi connectivity index (χ3n) is 4.34. The van der Waals surface area contributed by atoms with Gasteiger partial charge in [0.15, 0.2) is 0 Å². The van der Waals surface area contributed by atoms with Crippen molar-refractivity contribution in [3.05, 3.63) is 35.9 Å². The van der Waals surface area contributed by atoms with Crippen LogP contribution in [0.1, 0.15) is 58.6 Å². The first-order valence-corrected chi connectivity index (χ1v) is 8.14. The molecule has 1 N–H and O–H groups in total. The number of hydrogen-bond donors (Lipinski definition) is 1. The molecule has 116 valence electrons. The number of nitrogens with one attached hydrogen (secondary N) is 1. The van der Waals surface area contributed by atoms with Crippen LogP contribution in [0.25, 0.3) is 0 Å². The van der Waals surface area contributed by atoms with Crippen LogP contribution in [-0.4, -0.2) is 23.0 Å². The molecule has 0 aliphatic carbocycles. The molecule has 1 aromatic rings. The van der Waals surface area contributed by atoms with E-state index in [0.29, 0.717) is 6.04 Å². The number of nitrogens with zero attached hydrogens (tertiary/aromatic N) is 1. The fourth-order valence-corrected chi connectivity index (χ4v) is 3.18. The van der Waals surface area contributed by atoms with Gasteiger partial charge in [0.1, 0.15) is 6.04 Å². The Balaban J connectivity index is 1.99. The average Bonchev–Trinajstić information content (AvgIpc) is 2.74. The lowest BCUT2D eigenvalue weighted by atomic mass is 10.0. The Morgan fingerprint density at radius 1 is 1.14 bits per heavy atom. The average molecular weight is 288 g/mol. The summed E-state index contributed by atoms with van der Waals surface area (Å²) in [7, 11) is 0. The molecule has 0 radical (unpaired) electrons. The molecule has 21 heavy (non-hydrogen) atoms. The second-order valence-corrected chi connectivity index (χ2v) is 6.61. The Bertz CT molecular complexity index is 458. The minimum Gasteiger partial charge on any atom is -0.323 e. The van der Waals surface area contributed by atoms with Crippen LogP contribution in [0.3, 0.4) is 0 Å². The molecule has 1 saturated heterocycles. The molecular formula is C18H28N2O. The monoisotopic (exact) mass is 288 g/mol. The Labute approximate surface area is 128 Å². The molecule has 1 heterocycles. The molecule has 1 aliphatic heterocycles. The molecule has 3 heteroatoms. The van der Waals surface area contributed by atoms with Crippen LogP contribution < -0.4 is 5.32 Å². The van der Waals surface area contributed by atoms with Gasteiger partial charge >= 0.3 is 0 Å². The summed E-state index contributed by atoms with van der Waals surface area (Å²) in [4.78, 5) is 14.7. The van der Waals surface area contributed by atoms with E-state index in [2.05, 4.69) is 33.0 Å². The fraction of sp³-hybridized carbons (Fsp3) is 0.611. The minimum absolute atomic E-state index is 0.108. The van der Waals surface area contributed by atoms with Gasteiger partial charge in [-0.25, -0.2) is 0 Å². The zero-order chi connectivity index (χ0) is 15.4. The Morgan fingerprint density at radius 2 is 1.81 bits per heavy atom. The summed E-state index contributed by atoms with van der Waals surface area (Å²) in [6.45, 7) is 8.76. The molecule has 0 aromatic heterocycles. The SMILES string of the molecule is CC(C)CCCC(C)N1C(=O)C(c2ccccc2)NC1C. The van der Waals surface area contributed by atoms with Crippen molar-refractivity contribution >= 4 is 5.91 Å². The van der Waals surface area contributed by atoms with Crippen molar-refractivity contribution in [3.8, 4) is 0 Å². The van der Waals surface area contributed by atoms with Gasteiger partial charge in [0.2, 0.25) is 5.91 Å². The summed E-state index contributed by atoms with van der Waals surface area (Å²) >= 11 is 0. The van der Waals surface area contributed by atoms with Crippen LogP contribution in [0, 0.1) is 5.92 Å². The first kappa shape index (κ1) is 16.0. The Morgan fingerprint density at radius 3 is 2.43 bits per heavy atom. The molecule has 1 amide bonds. The van der Waals surface area contributed by atoms with E-state index in [1.165, 1.54) is 12.8 Å². The summed E-state index contributed by atoms with van der Waals surface area (Å²) < 4.78 is 0. The van der Waals surface area contributed by atoms with Crippen molar-refractivity contribution < 1.29 is 4.79 Å². The first-order chi connectivity index (χ1) is 10.0. The maximum Gasteiger partial charge on any atom is 0.245 e. The standard InChI is InChI=1S/C18H28N2O/c1-13(2)9-8-10-14(3)20-15(4)19-17(18(20)21)16-11-6-5-7-12-16/h5-7,11-15,17,19H,8-10H2,1-4H3. The van der Waals surface area contributed by atoms with Gasteiger partial charge in [-0.1, -0.05) is 57.0 Å². The summed E-state index contributed by atoms with van der Waals surface area (Å²) in [6.07, 6.45) is 3.61. The number of hydrogen-bond acceptors (Lipinski definition) is 2. The second-order valence-electron chi connectivity index (χ2n) is 6.61. The van der Waals surface area contributed by atoms with Crippen molar-refractivity contribution in [1.29, 1.82) is 0 Å². The molecule has 3 unspecified atom stereocenters. The predicted octanol–water partition coefficient (Wildman–Crippen LogP) is 3.72. The van der Waals surface area contributed by atoms with Crippen molar-refractivity contribution in [2.45, 2.75) is 65.2 Å². The van der Waals surface area contributed by atoms with Gasteiger partial charge < -0.3 is 4.90 Å². The molecule has 1 fully saturated rings. The van der Waals surface area contributed by atoms with Crippen LogP contribution in [0.2, 0.25) is 0 Å². The topological polar surface area (TPSA) is 32.3 Å². The van der Waals surface area contributed by atoms with Gasteiger partial charge in [0, 0.05) is 6.04 Å². The highest BCUT2D eigenvalue weighted by Gasteiger charge is 2.39. The van der Waals surface area contributed by atoms with E-state index in [1.54, 1.807) is 0 Å². The second kappa shape index (κ2) is 7.08. The van der Waals surface area contributed by atoms with Crippen molar-refractivity contribution in [2.24, 2.45) is 5.92 Å². The molecule has 3 nitrogen and oxygen atoms in total. The van der Waals surface area contributed by atoms with Gasteiger partial charge in [-0.3, -0.25) is 10.1 Å². The van der Waals surface area contributed by atoms with E-state index < -0.39 is 0 Å². The van der Waals surface area contributed by atoms with Gasteiger partial charge in [-0.2, -0.15) is 0 Å². The van der Waals surface area contributed by atoms with E-state index in [0.717, 1.165) is 17.9 Å². The van der Waals surface area contributed by atoms with Crippen LogP contribution >= 0.6 is 0 Å². The molecular weight excluding hydrogens is 260 g/mol. The van der Waals surface area contributed by atoms with E-state index in [-0.39, 0.29) is 18.1 Å². The van der Waals surface area contributed by atoms with Crippen molar-refractivity contribution in [3.63, 3.8) is 0 Å². The summed E-state index contributed by atoms with van der Waals surface area (Å²) in [6, 6.07) is 10.1. The Kier molecular flexibility index (Phi) is 5.40. The smallest absolute Gasteiger partial charge is 0.245 e. The number of rotatable bonds is 6. The van der Waals surface area contributed by atoms with Crippen LogP contribution in [0.5, 0.6) is 0 Å². The lowest BCUT2D eigenvalue weighted by Gasteiger charge is -2.28. The van der Waals surface area contributed by atoms with E-state index in [9.17, 15) is 4.79 Å². The zero-order valence-electron chi connectivity index (χ0n) is 13.7. The lowest BCUT2D eigenvalue weighted by molar-refractivity contribution is -0.132. The van der Waals surface area contributed by atoms with Crippen LogP contribution in [0.4, 0.5) is 0 Å². The molecule has 1 aromatic carbocycles. The lowest BCUT2D eigenvalue weighted by Crippen LogP contribution is -2.41. The number of carbonyl (C=O) groups excluding carboxylic acids is 1. The van der Waals surface area contributed by atoms with Crippen LogP contribution in [0.15, 0.2) is 30.3 Å². The molecule has 0 spiro atoms. The maximum absolute atomic E-state index is 12.7. The van der Waals surface area contributed by atoms with Crippen molar-refractivity contribution in [1.82, 2.24) is 10.2 Å². The quantitative estimate of drug-likeness (QED) is 0.865. The van der Waals surface area contributed by atoms with Gasteiger partial charge in [-0.05, 0) is 31.7 Å². The highest BCUT2D eigenvalue weighted by molar-refractivity contribution is 5.85. The number of amides is 1. The minimum atomic E-state index is -0.186. The Hall–Kier alpha value is -1.35. The number of benzene rings is 1. The summed E-state index contributed by atoms with van der Waals surface area (Å²) in [5.74, 6) is 0.949. The third-order valence-corrected chi connectivity index (χ3v) is 4.34. The molecule has 2 rings (SSSR count). The van der Waals surface area contributed by atoms with E-state index in [1.807, 2.05) is 35.2 Å². The molecule has 0 bridgehead atoms. The zero-order valence-corrected chi connectivity index (χ0v) is 13.7. The number of carbonyl (C=O) groups is 1. The molecule has 0 saturated carbocycles. The predicted molar refractivity (Wildman–Crippen MR) is 86.8 cm³/mol. The summed E-state index contributed by atoms with van der Waals surface area (Å²) in [5, 5.41) is 3.43. The normalized spacial score (nSPS) is 23.9. The van der Waals surface area contributed by atoms with Crippen molar-refractivity contribution in [2.75, 3.05) is 0 Å².